The number of benzene rings is 1. The smallest absolute Gasteiger partial charge is 0.317 e. The Kier molecular flexibility index (Phi) is 5.45. The summed E-state index contributed by atoms with van der Waals surface area (Å²) >= 11 is 0. The normalized spacial score (nSPS) is 19.6. The van der Waals surface area contributed by atoms with Crippen molar-refractivity contribution in [1.29, 1.82) is 0 Å². The Hall–Kier alpha value is -2.55. The Morgan fingerprint density at radius 3 is 2.67 bits per heavy atom. The number of carbonyl (C=O) groups excluding carboxylic acids is 1. The largest absolute Gasteiger partial charge is 0.480 e. The van der Waals surface area contributed by atoms with Crippen LogP contribution < -0.4 is 5.32 Å². The Morgan fingerprint density at radius 2 is 2.12 bits per heavy atom. The molecule has 0 aromatic heterocycles. The summed E-state index contributed by atoms with van der Waals surface area (Å²) in [5, 5.41) is 22.4. The quantitative estimate of drug-likeness (QED) is 0.573. The number of carbonyl (C=O) groups is 2. The average molecular weight is 339 g/mol. The number of nitro benzene ring substituents is 1. The molecule has 2 rings (SSSR count). The van der Waals surface area contributed by atoms with Crippen LogP contribution in [0.15, 0.2) is 18.2 Å². The monoisotopic (exact) mass is 339 g/mol. The zero-order valence-corrected chi connectivity index (χ0v) is 13.1. The number of hydrogen-bond donors (Lipinski definition) is 2. The van der Waals surface area contributed by atoms with Crippen LogP contribution in [0.3, 0.4) is 0 Å². The van der Waals surface area contributed by atoms with Gasteiger partial charge in [0, 0.05) is 18.2 Å². The lowest BCUT2D eigenvalue weighted by molar-refractivity contribution is -0.385. The molecule has 0 spiro atoms. The highest BCUT2D eigenvalue weighted by Gasteiger charge is 2.35. The first-order valence-electron chi connectivity index (χ1n) is 7.52. The summed E-state index contributed by atoms with van der Waals surface area (Å²) < 4.78 is 13.3. The van der Waals surface area contributed by atoms with Gasteiger partial charge in [-0.15, -0.1) is 0 Å². The van der Waals surface area contributed by atoms with Crippen LogP contribution in [0.2, 0.25) is 0 Å². The third-order valence-electron chi connectivity index (χ3n) is 4.11. The van der Waals surface area contributed by atoms with Gasteiger partial charge in [-0.2, -0.15) is 0 Å². The Bertz CT molecular complexity index is 661. The van der Waals surface area contributed by atoms with Gasteiger partial charge in [0.15, 0.2) is 0 Å². The lowest BCUT2D eigenvalue weighted by Gasteiger charge is -2.42. The van der Waals surface area contributed by atoms with Gasteiger partial charge in [0.25, 0.3) is 11.6 Å². The number of carboxylic acids is 1. The molecule has 1 aliphatic carbocycles. The van der Waals surface area contributed by atoms with Crippen LogP contribution in [-0.4, -0.2) is 52.0 Å². The van der Waals surface area contributed by atoms with E-state index in [9.17, 15) is 24.1 Å². The highest BCUT2D eigenvalue weighted by molar-refractivity contribution is 5.98. The van der Waals surface area contributed by atoms with E-state index in [1.54, 1.807) is 4.90 Å². The standard InChI is InChI=1S/C15H18FN3O5/c1-2-18(8-14(20)21)11-6-10(7-11)17-15(22)12-5-9(16)3-4-13(12)19(23)24/h3-5,10-11H,2,6-8H2,1H3,(H,17,22)(H,20,21). The van der Waals surface area contributed by atoms with Crippen molar-refractivity contribution in [2.24, 2.45) is 0 Å². The van der Waals surface area contributed by atoms with Crippen LogP contribution in [0.4, 0.5) is 10.1 Å². The summed E-state index contributed by atoms with van der Waals surface area (Å²) in [4.78, 5) is 34.9. The average Bonchev–Trinajstić information content (AvgIpc) is 2.47. The minimum Gasteiger partial charge on any atom is -0.480 e. The van der Waals surface area contributed by atoms with E-state index in [0.717, 1.165) is 18.2 Å². The molecule has 24 heavy (non-hydrogen) atoms. The van der Waals surface area contributed by atoms with Crippen molar-refractivity contribution in [3.05, 3.63) is 39.7 Å². The molecule has 1 aromatic carbocycles. The van der Waals surface area contributed by atoms with Gasteiger partial charge >= 0.3 is 5.97 Å². The molecule has 9 heteroatoms. The second kappa shape index (κ2) is 7.35. The van der Waals surface area contributed by atoms with Crippen LogP contribution in [-0.2, 0) is 4.79 Å². The van der Waals surface area contributed by atoms with Crippen LogP contribution in [0.5, 0.6) is 0 Å². The lowest BCUT2D eigenvalue weighted by atomic mass is 9.85. The molecule has 0 bridgehead atoms. The second-order valence-electron chi connectivity index (χ2n) is 5.67. The fourth-order valence-corrected chi connectivity index (χ4v) is 2.79. The first-order chi connectivity index (χ1) is 11.3. The van der Waals surface area contributed by atoms with E-state index in [-0.39, 0.29) is 24.2 Å². The van der Waals surface area contributed by atoms with Crippen molar-refractivity contribution in [1.82, 2.24) is 10.2 Å². The highest BCUT2D eigenvalue weighted by Crippen LogP contribution is 2.27. The maximum Gasteiger partial charge on any atom is 0.317 e. The molecule has 0 radical (unpaired) electrons. The fourth-order valence-electron chi connectivity index (χ4n) is 2.79. The number of likely N-dealkylation sites (N-methyl/N-ethyl adjacent to an activating group) is 1. The molecule has 130 valence electrons. The predicted octanol–water partition coefficient (Wildman–Crippen LogP) is 1.40. The topological polar surface area (TPSA) is 113 Å². The predicted molar refractivity (Wildman–Crippen MR) is 82.2 cm³/mol. The van der Waals surface area contributed by atoms with E-state index in [2.05, 4.69) is 5.32 Å². The number of nitro groups is 1. The van der Waals surface area contributed by atoms with E-state index in [4.69, 9.17) is 5.11 Å². The summed E-state index contributed by atoms with van der Waals surface area (Å²) in [5.41, 5.74) is -0.771. The number of nitrogens with zero attached hydrogens (tertiary/aromatic N) is 2. The van der Waals surface area contributed by atoms with Crippen LogP contribution in [0.1, 0.15) is 30.1 Å². The summed E-state index contributed by atoms with van der Waals surface area (Å²) in [5.74, 6) is -2.35. The van der Waals surface area contributed by atoms with Crippen LogP contribution >= 0.6 is 0 Å². The third kappa shape index (κ3) is 4.05. The zero-order valence-electron chi connectivity index (χ0n) is 13.1. The number of amides is 1. The molecule has 1 amide bonds. The molecule has 1 fully saturated rings. The fraction of sp³-hybridized carbons (Fsp3) is 0.467. The molecule has 0 saturated heterocycles. The number of hydrogen-bond acceptors (Lipinski definition) is 5. The maximum atomic E-state index is 13.3. The number of nitrogens with one attached hydrogen (secondary N) is 1. The Labute approximate surface area is 137 Å². The molecule has 2 N–H and O–H groups in total. The molecule has 0 atom stereocenters. The first-order valence-corrected chi connectivity index (χ1v) is 7.52. The van der Waals surface area contributed by atoms with Gasteiger partial charge in [-0.05, 0) is 31.5 Å². The minimum absolute atomic E-state index is 0.0406. The van der Waals surface area contributed by atoms with E-state index >= 15 is 0 Å². The molecular formula is C15H18FN3O5. The third-order valence-corrected chi connectivity index (χ3v) is 4.11. The van der Waals surface area contributed by atoms with Gasteiger partial charge in [-0.25, -0.2) is 4.39 Å². The number of carboxylic acid groups (broad SMARTS) is 1. The minimum atomic E-state index is -0.917. The zero-order chi connectivity index (χ0) is 17.9. The van der Waals surface area contributed by atoms with E-state index in [1.165, 1.54) is 0 Å². The SMILES string of the molecule is CCN(CC(=O)O)C1CC(NC(=O)c2cc(F)ccc2[N+](=O)[O-])C1. The molecule has 1 aliphatic rings. The van der Waals surface area contributed by atoms with Gasteiger partial charge in [0.2, 0.25) is 0 Å². The molecule has 0 aliphatic heterocycles. The van der Waals surface area contributed by atoms with Crippen LogP contribution in [0.25, 0.3) is 0 Å². The summed E-state index contributed by atoms with van der Waals surface area (Å²) in [6.07, 6.45) is 1.10. The van der Waals surface area contributed by atoms with Gasteiger partial charge in [-0.3, -0.25) is 24.6 Å². The summed E-state index contributed by atoms with van der Waals surface area (Å²) in [6, 6.07) is 2.55. The Morgan fingerprint density at radius 1 is 1.46 bits per heavy atom. The van der Waals surface area contributed by atoms with Crippen molar-refractivity contribution in [2.45, 2.75) is 31.8 Å². The second-order valence-corrected chi connectivity index (χ2v) is 5.67. The number of aliphatic carboxylic acids is 1. The van der Waals surface area contributed by atoms with Gasteiger partial charge in [0.05, 0.1) is 11.5 Å². The maximum absolute atomic E-state index is 13.3. The van der Waals surface area contributed by atoms with Crippen molar-refractivity contribution in [3.63, 3.8) is 0 Å². The first kappa shape index (κ1) is 17.8. The Balaban J connectivity index is 1.97. The summed E-state index contributed by atoms with van der Waals surface area (Å²) in [7, 11) is 0. The highest BCUT2D eigenvalue weighted by atomic mass is 19.1. The number of halogens is 1. The van der Waals surface area contributed by atoms with Gasteiger partial charge in [-0.1, -0.05) is 6.92 Å². The van der Waals surface area contributed by atoms with Crippen molar-refractivity contribution in [2.75, 3.05) is 13.1 Å². The summed E-state index contributed by atoms with van der Waals surface area (Å²) in [6.45, 7) is 2.36. The van der Waals surface area contributed by atoms with Crippen molar-refractivity contribution < 1.29 is 24.0 Å². The van der Waals surface area contributed by atoms with E-state index in [0.29, 0.717) is 19.4 Å². The molecule has 0 unspecified atom stereocenters. The molecule has 1 saturated carbocycles. The molecular weight excluding hydrogens is 321 g/mol. The number of rotatable bonds is 7. The molecule has 0 heterocycles. The molecule has 8 nitrogen and oxygen atoms in total. The van der Waals surface area contributed by atoms with Crippen molar-refractivity contribution >= 4 is 17.6 Å². The van der Waals surface area contributed by atoms with Gasteiger partial charge in [0.1, 0.15) is 11.4 Å². The van der Waals surface area contributed by atoms with Crippen molar-refractivity contribution in [3.8, 4) is 0 Å². The van der Waals surface area contributed by atoms with Gasteiger partial charge < -0.3 is 10.4 Å². The van der Waals surface area contributed by atoms with E-state index < -0.39 is 28.3 Å². The molecule has 1 aromatic rings. The lowest BCUT2D eigenvalue weighted by Crippen LogP contribution is -2.54. The van der Waals surface area contributed by atoms with Crippen LogP contribution in [0, 0.1) is 15.9 Å². The van der Waals surface area contributed by atoms with E-state index in [1.807, 2.05) is 6.92 Å².